The van der Waals surface area contributed by atoms with Gasteiger partial charge in [0.15, 0.2) is 0 Å². The summed E-state index contributed by atoms with van der Waals surface area (Å²) in [6.45, 7) is 12.1. The molecule has 3 aliphatic heterocycles. The maximum Gasteiger partial charge on any atom is 0.329 e. The molecule has 4 aliphatic rings. The van der Waals surface area contributed by atoms with Gasteiger partial charge in [-0.1, -0.05) is 52.8 Å². The number of esters is 1. The summed E-state index contributed by atoms with van der Waals surface area (Å²) in [5, 5.41) is 23.6. The van der Waals surface area contributed by atoms with Crippen LogP contribution >= 0.6 is 0 Å². The number of ketones is 1. The summed E-state index contributed by atoms with van der Waals surface area (Å²) in [4.78, 5) is 44.0. The number of hydrogen-bond acceptors (Lipinski definition) is 11. The van der Waals surface area contributed by atoms with Gasteiger partial charge in [0.05, 0.1) is 24.4 Å². The third-order valence-corrected chi connectivity index (χ3v) is 13.0. The first kappa shape index (κ1) is 48.2. The Morgan fingerprint density at radius 2 is 1.62 bits per heavy atom. The number of fused-ring (bicyclic) bond motifs is 3. The number of piperidine rings is 1. The van der Waals surface area contributed by atoms with Crippen LogP contribution in [-0.2, 0) is 38.1 Å². The molecule has 4 N–H and O–H groups in total. The molecule has 1 amide bonds. The number of allylic oxidation sites excluding steroid dienone is 2. The minimum absolute atomic E-state index is 0. The summed E-state index contributed by atoms with van der Waals surface area (Å²) in [7, 11) is 4.82. The highest BCUT2D eigenvalue weighted by Crippen LogP contribution is 2.39. The molecule has 3 heterocycles. The van der Waals surface area contributed by atoms with Gasteiger partial charge in [-0.05, 0) is 114 Å². The number of nitrogens with zero attached hydrogens (tertiary/aromatic N) is 1. The van der Waals surface area contributed by atoms with Crippen molar-refractivity contribution in [3.8, 4) is 0 Å². The van der Waals surface area contributed by atoms with Crippen LogP contribution in [0.5, 0.6) is 0 Å². The largest absolute Gasteiger partial charge is 0.456 e. The molecule has 1 saturated carbocycles. The summed E-state index contributed by atoms with van der Waals surface area (Å²) in [5.41, 5.74) is 8.37. The Morgan fingerprint density at radius 1 is 0.964 bits per heavy atom. The van der Waals surface area contributed by atoms with Crippen LogP contribution in [0, 0.1) is 29.6 Å². The molecule has 14 atom stereocenters. The quantitative estimate of drug-likeness (QED) is 0.167. The second-order valence-electron chi connectivity index (χ2n) is 17.3. The van der Waals surface area contributed by atoms with Crippen LogP contribution in [0.4, 0.5) is 0 Å². The number of aliphatic hydroxyl groups excluding tert-OH is 1. The lowest BCUT2D eigenvalue weighted by atomic mass is 9.81. The van der Waals surface area contributed by atoms with Crippen molar-refractivity contribution in [1.82, 2.24) is 4.90 Å². The van der Waals surface area contributed by atoms with Crippen molar-refractivity contribution in [3.63, 3.8) is 0 Å². The normalized spacial score (nSPS) is 41.3. The number of rotatable bonds is 6. The van der Waals surface area contributed by atoms with E-state index in [0.717, 1.165) is 43.3 Å². The third kappa shape index (κ3) is 11.5. The number of aliphatic hydroxyl groups is 2. The minimum Gasteiger partial charge on any atom is -0.456 e. The first-order valence-electron chi connectivity index (χ1n) is 20.9. The van der Waals surface area contributed by atoms with Crippen LogP contribution in [0.3, 0.4) is 0 Å². The second kappa shape index (κ2) is 21.7. The molecule has 12 nitrogen and oxygen atoms in total. The first-order valence-corrected chi connectivity index (χ1v) is 20.9. The average molecular weight is 793 g/mol. The zero-order valence-electron chi connectivity index (χ0n) is 35.0. The second-order valence-corrected chi connectivity index (χ2v) is 17.3. The standard InChI is InChI=1S/C43H72N2O10.CH4/c1-10-31-20-25(2)19-26(3)21-36(52-8)39-37(53-9)23-29(6)43(50,55-39)40(47)41(48)45-18-12-11-13-33(45)42(49)54-38(27(4)14-17-34(31)46)28(5)22-30-15-16-32(44)35(24-30)51-7;/h20,22,26-27,29-39,46,50H,10-19,21,23-24,44H2,1-9H3;1H4/b25-20+,28-22+;/t26-,27+,29+,30-,31+,32-,33-,34+,35+,36-,37-,38-,39+,43+;/m0./s1. The van der Waals surface area contributed by atoms with E-state index < -0.39 is 65.9 Å². The van der Waals surface area contributed by atoms with E-state index in [0.29, 0.717) is 38.5 Å². The first-order chi connectivity index (χ1) is 26.1. The van der Waals surface area contributed by atoms with Crippen LogP contribution in [0.25, 0.3) is 0 Å². The fraction of sp³-hybridized carbons (Fsp3) is 0.841. The van der Waals surface area contributed by atoms with Crippen molar-refractivity contribution in [2.45, 2.75) is 181 Å². The van der Waals surface area contributed by atoms with E-state index in [4.69, 9.17) is 29.4 Å². The van der Waals surface area contributed by atoms with Gasteiger partial charge in [0.1, 0.15) is 18.2 Å². The zero-order chi connectivity index (χ0) is 40.6. The van der Waals surface area contributed by atoms with Gasteiger partial charge < -0.3 is 44.5 Å². The molecule has 0 aromatic heterocycles. The van der Waals surface area contributed by atoms with Gasteiger partial charge in [-0.2, -0.15) is 0 Å². The molecule has 0 aromatic carbocycles. The fourth-order valence-corrected chi connectivity index (χ4v) is 9.63. The number of carbonyl (C=O) groups is 3. The number of nitrogens with two attached hydrogens (primary N) is 1. The Bertz CT molecular complexity index is 1350. The van der Waals surface area contributed by atoms with E-state index in [2.05, 4.69) is 32.9 Å². The van der Waals surface area contributed by atoms with E-state index in [1.807, 2.05) is 13.8 Å². The molecule has 56 heavy (non-hydrogen) atoms. The van der Waals surface area contributed by atoms with Crippen molar-refractivity contribution in [2.75, 3.05) is 27.9 Å². The zero-order valence-corrected chi connectivity index (χ0v) is 35.0. The van der Waals surface area contributed by atoms with E-state index in [1.165, 1.54) is 4.90 Å². The Morgan fingerprint density at radius 3 is 2.27 bits per heavy atom. The van der Waals surface area contributed by atoms with E-state index in [1.54, 1.807) is 28.3 Å². The topological polar surface area (TPSA) is 167 Å². The molecule has 3 fully saturated rings. The Kier molecular flexibility index (Phi) is 18.7. The van der Waals surface area contributed by atoms with Gasteiger partial charge >= 0.3 is 5.97 Å². The van der Waals surface area contributed by atoms with Crippen LogP contribution in [0.2, 0.25) is 0 Å². The third-order valence-electron chi connectivity index (χ3n) is 13.0. The lowest BCUT2D eigenvalue weighted by molar-refractivity contribution is -0.302. The smallest absolute Gasteiger partial charge is 0.329 e. The summed E-state index contributed by atoms with van der Waals surface area (Å²) >= 11 is 0. The van der Waals surface area contributed by atoms with Gasteiger partial charge in [0.2, 0.25) is 5.79 Å². The lowest BCUT2D eigenvalue weighted by Crippen LogP contribution is -2.64. The van der Waals surface area contributed by atoms with Crippen molar-refractivity contribution in [1.29, 1.82) is 0 Å². The summed E-state index contributed by atoms with van der Waals surface area (Å²) in [6.07, 6.45) is 8.72. The van der Waals surface area contributed by atoms with Crippen molar-refractivity contribution in [2.24, 2.45) is 35.3 Å². The molecule has 12 heteroatoms. The number of amides is 1. The monoisotopic (exact) mass is 793 g/mol. The molecule has 2 saturated heterocycles. The van der Waals surface area contributed by atoms with Crippen molar-refractivity contribution < 1.29 is 48.3 Å². The minimum atomic E-state index is -2.44. The number of ether oxygens (including phenoxy) is 5. The number of hydrogen-bond donors (Lipinski definition) is 3. The number of Topliss-reactive ketones (excluding diaryl/α,β-unsaturated/α-hetero) is 1. The highest BCUT2D eigenvalue weighted by molar-refractivity contribution is 6.39. The molecular formula is C44H76N2O10. The number of cyclic esters (lactones) is 1. The van der Waals surface area contributed by atoms with E-state index >= 15 is 0 Å². The summed E-state index contributed by atoms with van der Waals surface area (Å²) < 4.78 is 30.1. The molecule has 2 bridgehead atoms. The summed E-state index contributed by atoms with van der Waals surface area (Å²) in [6, 6.07) is -1.03. The van der Waals surface area contributed by atoms with Gasteiger partial charge in [-0.15, -0.1) is 0 Å². The number of carbonyl (C=O) groups excluding carboxylic acids is 3. The molecule has 4 rings (SSSR count). The predicted octanol–water partition coefficient (Wildman–Crippen LogP) is 5.90. The summed E-state index contributed by atoms with van der Waals surface area (Å²) in [5.74, 6) is -5.76. The molecule has 0 radical (unpaired) electrons. The van der Waals surface area contributed by atoms with Gasteiger partial charge in [0.25, 0.3) is 11.7 Å². The molecule has 0 spiro atoms. The molecular weight excluding hydrogens is 716 g/mol. The van der Waals surface area contributed by atoms with Crippen molar-refractivity contribution >= 4 is 17.7 Å². The van der Waals surface area contributed by atoms with Crippen LogP contribution in [0.15, 0.2) is 23.3 Å². The van der Waals surface area contributed by atoms with Crippen LogP contribution in [0.1, 0.15) is 126 Å². The Hall–Kier alpha value is -2.19. The maximum absolute atomic E-state index is 14.3. The Balaban J connectivity index is 0.00000841. The maximum atomic E-state index is 14.3. The molecule has 0 aromatic rings. The molecule has 322 valence electrons. The van der Waals surface area contributed by atoms with E-state index in [-0.39, 0.29) is 56.2 Å². The average Bonchev–Trinajstić information content (AvgIpc) is 3.17. The SMILES string of the molecule is C.CC[C@@H]1/C=C(\C)C[C@H](C)C[C@H](OC)[C@H]2O[C@@](O)(C(=O)C(=O)N3CCCC[C@H]3C(=O)O[C@H](/C(C)=C/[C@@H]3CC[C@H](N)[C@H](OC)C3)[C@H](C)CC[C@H]1O)[C@H](C)C[C@@H]2OC. The lowest BCUT2D eigenvalue weighted by Gasteiger charge is -2.47. The molecule has 0 unspecified atom stereocenters. The number of methoxy groups -OCH3 is 3. The van der Waals surface area contributed by atoms with E-state index in [9.17, 15) is 24.6 Å². The molecule has 1 aliphatic carbocycles. The van der Waals surface area contributed by atoms with Crippen molar-refractivity contribution in [3.05, 3.63) is 23.3 Å². The predicted molar refractivity (Wildman–Crippen MR) is 216 cm³/mol. The van der Waals surface area contributed by atoms with Gasteiger partial charge in [0, 0.05) is 45.8 Å². The van der Waals surface area contributed by atoms with Gasteiger partial charge in [-0.3, -0.25) is 9.59 Å². The highest BCUT2D eigenvalue weighted by atomic mass is 16.7. The highest BCUT2D eigenvalue weighted by Gasteiger charge is 2.56. The van der Waals surface area contributed by atoms with Crippen LogP contribution < -0.4 is 5.73 Å². The van der Waals surface area contributed by atoms with Crippen LogP contribution in [-0.4, -0.2) is 115 Å². The van der Waals surface area contributed by atoms with Gasteiger partial charge in [-0.25, -0.2) is 4.79 Å². The fourth-order valence-electron chi connectivity index (χ4n) is 9.63. The Labute approximate surface area is 337 Å².